The average molecular weight is 561 g/mol. The van der Waals surface area contributed by atoms with E-state index >= 15 is 0 Å². The van der Waals surface area contributed by atoms with Gasteiger partial charge in [0.2, 0.25) is 21.8 Å². The van der Waals surface area contributed by atoms with Crippen LogP contribution in [-0.4, -0.2) is 35.9 Å². The lowest BCUT2D eigenvalue weighted by Crippen LogP contribution is -2.27. The molecule has 2 aromatic carbocycles. The number of nitrogens with zero attached hydrogens (tertiary/aromatic N) is 4. The van der Waals surface area contributed by atoms with Crippen molar-refractivity contribution in [1.82, 2.24) is 15.2 Å². The molecule has 0 aliphatic heterocycles. The van der Waals surface area contributed by atoms with E-state index in [-0.39, 0.29) is 29.4 Å². The number of aromatic nitrogens is 3. The fourth-order valence-electron chi connectivity index (χ4n) is 4.72. The lowest BCUT2D eigenvalue weighted by Gasteiger charge is -2.25. The smallest absolute Gasteiger partial charge is 0.248 e. The van der Waals surface area contributed by atoms with Crippen molar-refractivity contribution in [3.63, 3.8) is 0 Å². The maximum Gasteiger partial charge on any atom is 0.248 e. The third-order valence-electron chi connectivity index (χ3n) is 7.52. The molecule has 0 bridgehead atoms. The number of hydrogen-bond donors (Lipinski definition) is 2. The quantitative estimate of drug-likeness (QED) is 0.237. The summed E-state index contributed by atoms with van der Waals surface area (Å²) in [5.41, 5.74) is 9.21. The Bertz CT molecular complexity index is 1530. The molecule has 3 N–H and O–H groups in total. The zero-order chi connectivity index (χ0) is 28.3. The Balaban J connectivity index is 1.50. The lowest BCUT2D eigenvalue weighted by atomic mass is 9.95. The fourth-order valence-corrected chi connectivity index (χ4v) is 5.29. The molecule has 5 rings (SSSR count). The van der Waals surface area contributed by atoms with Crippen LogP contribution in [0.5, 0.6) is 0 Å². The predicted octanol–water partition coefficient (Wildman–Crippen LogP) is 5.36. The molecular formula is C30H36N6O3S. The Morgan fingerprint density at radius 3 is 2.40 bits per heavy atom. The molecule has 10 heteroatoms. The number of nitrogens with one attached hydrogen (secondary N) is 1. The predicted molar refractivity (Wildman–Crippen MR) is 157 cm³/mol. The van der Waals surface area contributed by atoms with Gasteiger partial charge in [-0.05, 0) is 48.4 Å². The minimum Gasteiger partial charge on any atom is -0.420 e. The number of pyridine rings is 1. The first kappa shape index (κ1) is 27.8. The summed E-state index contributed by atoms with van der Waals surface area (Å²) in [6, 6.07) is 23.2. The van der Waals surface area contributed by atoms with Gasteiger partial charge in [0.05, 0.1) is 11.7 Å². The summed E-state index contributed by atoms with van der Waals surface area (Å²) >= 11 is 0. The Morgan fingerprint density at radius 1 is 1.07 bits per heavy atom. The molecule has 2 aromatic heterocycles. The second-order valence-electron chi connectivity index (χ2n) is 10.6. The average Bonchev–Trinajstić information content (AvgIpc) is 3.43. The van der Waals surface area contributed by atoms with E-state index in [1.54, 1.807) is 13.0 Å². The zero-order valence-corrected chi connectivity index (χ0v) is 23.9. The van der Waals surface area contributed by atoms with Crippen molar-refractivity contribution < 1.29 is 12.8 Å². The molecule has 4 atom stereocenters. The van der Waals surface area contributed by atoms with Gasteiger partial charge in [0, 0.05) is 24.7 Å². The van der Waals surface area contributed by atoms with Gasteiger partial charge in [0.25, 0.3) is 0 Å². The summed E-state index contributed by atoms with van der Waals surface area (Å²) in [6.07, 6.45) is 1.16. The van der Waals surface area contributed by atoms with Crippen molar-refractivity contribution in [3.05, 3.63) is 89.8 Å². The normalized spacial score (nSPS) is 18.2. The first-order valence-corrected chi connectivity index (χ1v) is 15.3. The number of anilines is 2. The number of benzene rings is 2. The van der Waals surface area contributed by atoms with Crippen molar-refractivity contribution in [1.29, 1.82) is 0 Å². The molecule has 0 saturated heterocycles. The fraction of sp³-hybridized carbons (Fsp3) is 0.367. The summed E-state index contributed by atoms with van der Waals surface area (Å²) in [7, 11) is -3.56. The van der Waals surface area contributed by atoms with Gasteiger partial charge < -0.3 is 15.1 Å². The minimum atomic E-state index is -3.56. The van der Waals surface area contributed by atoms with Crippen LogP contribution in [-0.2, 0) is 16.6 Å². The van der Waals surface area contributed by atoms with Crippen molar-refractivity contribution in [3.8, 4) is 11.5 Å². The minimum absolute atomic E-state index is 0.0683. The van der Waals surface area contributed by atoms with Crippen LogP contribution in [0, 0.1) is 11.8 Å². The number of rotatable bonds is 12. The molecule has 1 saturated carbocycles. The second kappa shape index (κ2) is 11.8. The Labute approximate surface area is 235 Å². The SMILES string of the molecule is CCS(=O)(=O)Nc1cc(-c2nnc(C(C)C(N)c3ccccc3)o2)cc(N(Cc2ccccc2)CC2CC2C)n1. The number of sulfonamides is 1. The maximum absolute atomic E-state index is 12.5. The van der Waals surface area contributed by atoms with Crippen LogP contribution in [0.15, 0.2) is 77.2 Å². The molecule has 4 aromatic rings. The van der Waals surface area contributed by atoms with E-state index in [2.05, 4.69) is 38.9 Å². The van der Waals surface area contributed by atoms with E-state index in [1.165, 1.54) is 0 Å². The van der Waals surface area contributed by atoms with Gasteiger partial charge in [-0.2, -0.15) is 0 Å². The summed E-state index contributed by atoms with van der Waals surface area (Å²) in [5, 5.41) is 8.62. The van der Waals surface area contributed by atoms with Gasteiger partial charge in [-0.3, -0.25) is 4.72 Å². The van der Waals surface area contributed by atoms with E-state index < -0.39 is 10.0 Å². The molecule has 1 fully saturated rings. The largest absolute Gasteiger partial charge is 0.420 e. The van der Waals surface area contributed by atoms with E-state index in [9.17, 15) is 8.42 Å². The number of nitrogens with two attached hydrogens (primary N) is 1. The van der Waals surface area contributed by atoms with Crippen LogP contribution in [0.4, 0.5) is 11.6 Å². The molecule has 0 amide bonds. The summed E-state index contributed by atoms with van der Waals surface area (Å²) in [6.45, 7) is 7.23. The molecule has 40 heavy (non-hydrogen) atoms. The lowest BCUT2D eigenvalue weighted by molar-refractivity contribution is 0.431. The zero-order valence-electron chi connectivity index (χ0n) is 23.1. The summed E-state index contributed by atoms with van der Waals surface area (Å²) in [4.78, 5) is 6.93. The summed E-state index contributed by atoms with van der Waals surface area (Å²) in [5.74, 6) is 2.45. The molecule has 0 radical (unpaired) electrons. The standard InChI is InChI=1S/C30H36N6O3S/c1-4-40(37,38)35-26-16-24(30-34-33-29(39-30)21(3)28(31)23-13-9-6-10-14-23)17-27(32-26)36(19-25-15-20(25)2)18-22-11-7-5-8-12-22/h5-14,16-17,20-21,25,28H,4,15,18-19,31H2,1-3H3,(H,32,35). The first-order chi connectivity index (χ1) is 19.2. The molecule has 0 spiro atoms. The first-order valence-electron chi connectivity index (χ1n) is 13.7. The van der Waals surface area contributed by atoms with Gasteiger partial charge in [0.1, 0.15) is 11.6 Å². The van der Waals surface area contributed by atoms with Gasteiger partial charge in [-0.25, -0.2) is 13.4 Å². The maximum atomic E-state index is 12.5. The van der Waals surface area contributed by atoms with Crippen molar-refractivity contribution >= 4 is 21.7 Å². The highest BCUT2D eigenvalue weighted by atomic mass is 32.2. The number of hydrogen-bond acceptors (Lipinski definition) is 8. The molecule has 210 valence electrons. The van der Waals surface area contributed by atoms with Crippen molar-refractivity contribution in [2.75, 3.05) is 21.9 Å². The molecule has 1 aliphatic carbocycles. The highest BCUT2D eigenvalue weighted by molar-refractivity contribution is 7.92. The van der Waals surface area contributed by atoms with Crippen LogP contribution in [0.1, 0.15) is 56.2 Å². The van der Waals surface area contributed by atoms with Gasteiger partial charge in [-0.15, -0.1) is 10.2 Å². The molecular weight excluding hydrogens is 524 g/mol. The van der Waals surface area contributed by atoms with Crippen LogP contribution in [0.25, 0.3) is 11.5 Å². The van der Waals surface area contributed by atoms with E-state index in [1.807, 2.05) is 61.5 Å². The van der Waals surface area contributed by atoms with E-state index in [0.29, 0.717) is 35.7 Å². The van der Waals surface area contributed by atoms with Crippen LogP contribution in [0.3, 0.4) is 0 Å². The molecule has 1 aliphatic rings. The third-order valence-corrected chi connectivity index (χ3v) is 8.80. The highest BCUT2D eigenvalue weighted by Crippen LogP contribution is 2.40. The Hall–Kier alpha value is -3.76. The van der Waals surface area contributed by atoms with Crippen molar-refractivity contribution in [2.24, 2.45) is 17.6 Å². The highest BCUT2D eigenvalue weighted by Gasteiger charge is 2.34. The Kier molecular flexibility index (Phi) is 8.18. The van der Waals surface area contributed by atoms with Crippen LogP contribution < -0.4 is 15.4 Å². The third kappa shape index (κ3) is 6.68. The molecule has 2 heterocycles. The molecule has 9 nitrogen and oxygen atoms in total. The topological polar surface area (TPSA) is 127 Å². The van der Waals surface area contributed by atoms with Gasteiger partial charge >= 0.3 is 0 Å². The monoisotopic (exact) mass is 560 g/mol. The van der Waals surface area contributed by atoms with Gasteiger partial charge in [-0.1, -0.05) is 74.5 Å². The summed E-state index contributed by atoms with van der Waals surface area (Å²) < 4.78 is 33.7. The van der Waals surface area contributed by atoms with Crippen LogP contribution in [0.2, 0.25) is 0 Å². The Morgan fingerprint density at radius 2 is 1.75 bits per heavy atom. The second-order valence-corrected chi connectivity index (χ2v) is 12.6. The molecule has 4 unspecified atom stereocenters. The van der Waals surface area contributed by atoms with Crippen LogP contribution >= 0.6 is 0 Å². The van der Waals surface area contributed by atoms with Crippen molar-refractivity contribution in [2.45, 2.75) is 45.7 Å². The van der Waals surface area contributed by atoms with E-state index in [4.69, 9.17) is 15.1 Å². The van der Waals surface area contributed by atoms with Gasteiger partial charge in [0.15, 0.2) is 0 Å². The van der Waals surface area contributed by atoms with E-state index in [0.717, 1.165) is 24.1 Å².